The van der Waals surface area contributed by atoms with Crippen LogP contribution < -0.4 is 0 Å². The molecule has 1 aliphatic heterocycles. The lowest BCUT2D eigenvalue weighted by Crippen LogP contribution is -2.58. The second-order valence-electron chi connectivity index (χ2n) is 5.72. The minimum Gasteiger partial charge on any atom is -0.480 e. The Morgan fingerprint density at radius 1 is 1.25 bits per heavy atom. The van der Waals surface area contributed by atoms with Gasteiger partial charge in [-0.15, -0.1) is 0 Å². The summed E-state index contributed by atoms with van der Waals surface area (Å²) < 4.78 is 0. The minimum atomic E-state index is -1.23. The SMILES string of the molecule is CC1=CC(C(=O)O)(N2CCCC2)C(C)C(C(=O)O)=C1C. The normalized spacial score (nSPS) is 31.4. The highest BCUT2D eigenvalue weighted by molar-refractivity contribution is 5.94. The molecule has 1 aliphatic carbocycles. The Morgan fingerprint density at radius 3 is 2.25 bits per heavy atom. The number of carbonyl (C=O) groups is 2. The lowest BCUT2D eigenvalue weighted by Gasteiger charge is -2.44. The van der Waals surface area contributed by atoms with Crippen molar-refractivity contribution in [2.45, 2.75) is 39.2 Å². The first-order valence-corrected chi connectivity index (χ1v) is 6.94. The summed E-state index contributed by atoms with van der Waals surface area (Å²) in [6.45, 7) is 6.65. The number of rotatable bonds is 3. The predicted octanol–water partition coefficient (Wildman–Crippen LogP) is 1.90. The van der Waals surface area contributed by atoms with Crippen molar-refractivity contribution < 1.29 is 19.8 Å². The Morgan fingerprint density at radius 2 is 1.80 bits per heavy atom. The molecule has 0 radical (unpaired) electrons. The summed E-state index contributed by atoms with van der Waals surface area (Å²) in [5.74, 6) is -2.55. The highest BCUT2D eigenvalue weighted by atomic mass is 16.4. The van der Waals surface area contributed by atoms with Crippen molar-refractivity contribution in [1.29, 1.82) is 0 Å². The zero-order valence-electron chi connectivity index (χ0n) is 12.1. The van der Waals surface area contributed by atoms with Gasteiger partial charge in [-0.25, -0.2) is 9.59 Å². The summed E-state index contributed by atoms with van der Waals surface area (Å²) in [4.78, 5) is 25.5. The molecule has 0 aromatic carbocycles. The molecule has 1 saturated heterocycles. The zero-order chi connectivity index (χ0) is 15.1. The molecular formula is C15H21NO4. The summed E-state index contributed by atoms with van der Waals surface area (Å²) >= 11 is 0. The van der Waals surface area contributed by atoms with Gasteiger partial charge in [-0.2, -0.15) is 0 Å². The van der Waals surface area contributed by atoms with E-state index in [4.69, 9.17) is 0 Å². The van der Waals surface area contributed by atoms with E-state index in [1.54, 1.807) is 26.8 Å². The number of likely N-dealkylation sites (tertiary alicyclic amines) is 1. The molecule has 2 rings (SSSR count). The number of nitrogens with zero attached hydrogens (tertiary/aromatic N) is 1. The van der Waals surface area contributed by atoms with E-state index in [-0.39, 0.29) is 5.57 Å². The molecule has 2 unspecified atom stereocenters. The maximum absolute atomic E-state index is 12.0. The number of carboxylic acid groups (broad SMARTS) is 2. The highest BCUT2D eigenvalue weighted by Crippen LogP contribution is 2.42. The predicted molar refractivity (Wildman–Crippen MR) is 74.4 cm³/mol. The molecule has 2 N–H and O–H groups in total. The molecule has 5 nitrogen and oxygen atoms in total. The fourth-order valence-electron chi connectivity index (χ4n) is 3.50. The van der Waals surface area contributed by atoms with E-state index in [9.17, 15) is 19.8 Å². The summed E-state index contributed by atoms with van der Waals surface area (Å²) in [7, 11) is 0. The van der Waals surface area contributed by atoms with Gasteiger partial charge in [-0.05, 0) is 57.0 Å². The monoisotopic (exact) mass is 279 g/mol. The maximum Gasteiger partial charge on any atom is 0.332 e. The van der Waals surface area contributed by atoms with Crippen LogP contribution in [0.15, 0.2) is 22.8 Å². The van der Waals surface area contributed by atoms with Crippen LogP contribution in [0.4, 0.5) is 0 Å². The van der Waals surface area contributed by atoms with Crippen molar-refractivity contribution >= 4 is 11.9 Å². The molecule has 0 bridgehead atoms. The van der Waals surface area contributed by atoms with E-state index < -0.39 is 23.4 Å². The highest BCUT2D eigenvalue weighted by Gasteiger charge is 2.52. The molecule has 20 heavy (non-hydrogen) atoms. The Labute approximate surface area is 118 Å². The van der Waals surface area contributed by atoms with E-state index in [0.717, 1.165) is 18.4 Å². The van der Waals surface area contributed by atoms with Crippen LogP contribution in [0.25, 0.3) is 0 Å². The molecule has 2 atom stereocenters. The van der Waals surface area contributed by atoms with Crippen LogP contribution in [-0.2, 0) is 9.59 Å². The maximum atomic E-state index is 12.0. The van der Waals surface area contributed by atoms with Crippen molar-refractivity contribution in [2.75, 3.05) is 13.1 Å². The average molecular weight is 279 g/mol. The van der Waals surface area contributed by atoms with Gasteiger partial charge in [0.15, 0.2) is 0 Å². The van der Waals surface area contributed by atoms with Gasteiger partial charge in [0.25, 0.3) is 0 Å². The number of aliphatic carboxylic acids is 2. The summed E-state index contributed by atoms with van der Waals surface area (Å²) in [6.07, 6.45) is 3.66. The summed E-state index contributed by atoms with van der Waals surface area (Å²) in [6, 6.07) is 0. The number of carboxylic acids is 2. The lowest BCUT2D eigenvalue weighted by atomic mass is 9.71. The largest absolute Gasteiger partial charge is 0.480 e. The van der Waals surface area contributed by atoms with Crippen LogP contribution in [0.1, 0.15) is 33.6 Å². The van der Waals surface area contributed by atoms with Crippen molar-refractivity contribution in [3.05, 3.63) is 22.8 Å². The van der Waals surface area contributed by atoms with Crippen LogP contribution in [0.5, 0.6) is 0 Å². The van der Waals surface area contributed by atoms with Gasteiger partial charge in [0, 0.05) is 11.5 Å². The average Bonchev–Trinajstić information content (AvgIpc) is 2.87. The van der Waals surface area contributed by atoms with Gasteiger partial charge in [-0.3, -0.25) is 4.90 Å². The molecule has 0 amide bonds. The standard InChI is InChI=1S/C15H21NO4/c1-9-8-15(14(19)20,16-6-4-5-7-16)11(3)12(10(9)2)13(17)18/h8,11H,4-7H2,1-3H3,(H,17,18)(H,19,20). The smallest absolute Gasteiger partial charge is 0.332 e. The second-order valence-corrected chi connectivity index (χ2v) is 5.72. The fourth-order valence-corrected chi connectivity index (χ4v) is 3.50. The Balaban J connectivity index is 2.60. The van der Waals surface area contributed by atoms with E-state index >= 15 is 0 Å². The quantitative estimate of drug-likeness (QED) is 0.825. The van der Waals surface area contributed by atoms with E-state index in [1.165, 1.54) is 0 Å². The Kier molecular flexibility index (Phi) is 3.73. The molecule has 1 heterocycles. The third-order valence-electron chi connectivity index (χ3n) is 4.73. The third-order valence-corrected chi connectivity index (χ3v) is 4.73. The fraction of sp³-hybridized carbons (Fsp3) is 0.600. The second kappa shape index (κ2) is 5.05. The molecule has 0 spiro atoms. The van der Waals surface area contributed by atoms with Crippen LogP contribution in [0.2, 0.25) is 0 Å². The van der Waals surface area contributed by atoms with Crippen molar-refractivity contribution in [2.24, 2.45) is 5.92 Å². The molecule has 0 aromatic heterocycles. The van der Waals surface area contributed by atoms with Gasteiger partial charge < -0.3 is 10.2 Å². The molecule has 0 aromatic rings. The van der Waals surface area contributed by atoms with Gasteiger partial charge >= 0.3 is 11.9 Å². The Bertz CT molecular complexity index is 514. The summed E-state index contributed by atoms with van der Waals surface area (Å²) in [5, 5.41) is 19.3. The number of allylic oxidation sites excluding steroid dienone is 2. The minimum absolute atomic E-state index is 0.222. The van der Waals surface area contributed by atoms with E-state index in [1.807, 2.05) is 4.90 Å². The zero-order valence-corrected chi connectivity index (χ0v) is 12.1. The van der Waals surface area contributed by atoms with Crippen LogP contribution >= 0.6 is 0 Å². The van der Waals surface area contributed by atoms with Crippen molar-refractivity contribution in [1.82, 2.24) is 4.90 Å². The van der Waals surface area contributed by atoms with Crippen LogP contribution in [0.3, 0.4) is 0 Å². The topological polar surface area (TPSA) is 77.8 Å². The molecule has 0 saturated carbocycles. The number of hydrogen-bond donors (Lipinski definition) is 2. The van der Waals surface area contributed by atoms with Gasteiger partial charge in [0.05, 0.1) is 0 Å². The third kappa shape index (κ3) is 1.97. The van der Waals surface area contributed by atoms with Crippen molar-refractivity contribution in [3.8, 4) is 0 Å². The molecule has 110 valence electrons. The first-order chi connectivity index (χ1) is 9.32. The van der Waals surface area contributed by atoms with Crippen LogP contribution in [-0.4, -0.2) is 45.7 Å². The Hall–Kier alpha value is -1.62. The van der Waals surface area contributed by atoms with E-state index in [0.29, 0.717) is 18.7 Å². The number of hydrogen-bond acceptors (Lipinski definition) is 3. The van der Waals surface area contributed by atoms with E-state index in [2.05, 4.69) is 0 Å². The first-order valence-electron chi connectivity index (χ1n) is 6.94. The molecule has 1 fully saturated rings. The van der Waals surface area contributed by atoms with Gasteiger partial charge in [0.2, 0.25) is 0 Å². The molecule has 2 aliphatic rings. The summed E-state index contributed by atoms with van der Waals surface area (Å²) in [5.41, 5.74) is 0.420. The van der Waals surface area contributed by atoms with Gasteiger partial charge in [-0.1, -0.05) is 6.92 Å². The molecule has 5 heteroatoms. The lowest BCUT2D eigenvalue weighted by molar-refractivity contribution is -0.150. The van der Waals surface area contributed by atoms with Gasteiger partial charge in [0.1, 0.15) is 5.54 Å². The first kappa shape index (κ1) is 14.8. The van der Waals surface area contributed by atoms with Crippen molar-refractivity contribution in [3.63, 3.8) is 0 Å². The molecular weight excluding hydrogens is 258 g/mol. The van der Waals surface area contributed by atoms with Crippen LogP contribution in [0, 0.1) is 5.92 Å².